The molecule has 0 saturated heterocycles. The molecule has 2 aromatic heterocycles. The van der Waals surface area contributed by atoms with Crippen LogP contribution in [0, 0.1) is 13.8 Å². The predicted octanol–water partition coefficient (Wildman–Crippen LogP) is 3.38. The Balaban J connectivity index is 1.64. The third-order valence-electron chi connectivity index (χ3n) is 4.85. The monoisotopic (exact) mass is 382 g/mol. The summed E-state index contributed by atoms with van der Waals surface area (Å²) in [4.78, 5) is 7.99. The molecule has 0 aliphatic heterocycles. The van der Waals surface area contributed by atoms with Crippen LogP contribution in [-0.2, 0) is 12.0 Å². The lowest BCUT2D eigenvalue weighted by Gasteiger charge is -2.19. The summed E-state index contributed by atoms with van der Waals surface area (Å²) in [6.45, 7) is 9.42. The first kappa shape index (κ1) is 20.0. The van der Waals surface area contributed by atoms with Crippen LogP contribution in [0.15, 0.2) is 45.8 Å². The Hall–Kier alpha value is -2.73. The molecule has 28 heavy (non-hydrogen) atoms. The van der Waals surface area contributed by atoms with Gasteiger partial charge in [0.1, 0.15) is 17.1 Å². The van der Waals surface area contributed by atoms with Crippen molar-refractivity contribution < 1.29 is 9.52 Å². The Labute approximate surface area is 166 Å². The molecule has 3 aromatic rings. The fraction of sp³-hybridized carbons (Fsp3) is 0.409. The maximum absolute atomic E-state index is 10.7. The van der Waals surface area contributed by atoms with Gasteiger partial charge in [-0.3, -0.25) is 0 Å². The highest BCUT2D eigenvalue weighted by Crippen LogP contribution is 2.23. The lowest BCUT2D eigenvalue weighted by atomic mass is 10.0. The number of benzene rings is 1. The van der Waals surface area contributed by atoms with Crippen LogP contribution in [0.3, 0.4) is 0 Å². The van der Waals surface area contributed by atoms with Crippen molar-refractivity contribution in [2.75, 3.05) is 19.6 Å². The van der Waals surface area contributed by atoms with Gasteiger partial charge in [-0.15, -0.1) is 0 Å². The summed E-state index contributed by atoms with van der Waals surface area (Å²) in [6.07, 6.45) is 0.883. The second kappa shape index (κ2) is 8.52. The lowest BCUT2D eigenvalue weighted by molar-refractivity contribution is 0.0428. The van der Waals surface area contributed by atoms with Gasteiger partial charge in [0.15, 0.2) is 5.96 Å². The maximum Gasteiger partial charge on any atom is 0.191 e. The minimum atomic E-state index is -1.15. The van der Waals surface area contributed by atoms with Crippen LogP contribution in [0.25, 0.3) is 10.9 Å². The second-order valence-electron chi connectivity index (χ2n) is 7.33. The number of hydrogen-bond donors (Lipinski definition) is 4. The number of para-hydroxylation sites is 1. The van der Waals surface area contributed by atoms with Crippen LogP contribution in [0.5, 0.6) is 0 Å². The highest BCUT2D eigenvalue weighted by molar-refractivity contribution is 5.84. The van der Waals surface area contributed by atoms with Crippen LogP contribution in [-0.4, -0.2) is 35.7 Å². The number of nitrogens with one attached hydrogen (secondary N) is 3. The van der Waals surface area contributed by atoms with E-state index in [0.29, 0.717) is 11.7 Å². The Morgan fingerprint density at radius 2 is 1.96 bits per heavy atom. The molecule has 1 unspecified atom stereocenters. The molecule has 6 heteroatoms. The fourth-order valence-corrected chi connectivity index (χ4v) is 3.34. The molecular formula is C22H30N4O2. The van der Waals surface area contributed by atoms with Crippen molar-refractivity contribution in [3.05, 3.63) is 59.2 Å². The van der Waals surface area contributed by atoms with E-state index in [4.69, 9.17) is 4.42 Å². The highest BCUT2D eigenvalue weighted by atomic mass is 16.4. The Morgan fingerprint density at radius 1 is 1.18 bits per heavy atom. The van der Waals surface area contributed by atoms with Gasteiger partial charge >= 0.3 is 0 Å². The minimum absolute atomic E-state index is 0.210. The number of nitrogens with zero attached hydrogens (tertiary/aromatic N) is 1. The van der Waals surface area contributed by atoms with Gasteiger partial charge in [0.25, 0.3) is 0 Å². The van der Waals surface area contributed by atoms with E-state index in [1.54, 1.807) is 13.0 Å². The topological polar surface area (TPSA) is 85.6 Å². The van der Waals surface area contributed by atoms with Gasteiger partial charge in [-0.05, 0) is 57.9 Å². The first-order chi connectivity index (χ1) is 13.4. The zero-order chi connectivity index (χ0) is 20.1. The van der Waals surface area contributed by atoms with Crippen molar-refractivity contribution in [2.24, 2.45) is 4.99 Å². The van der Waals surface area contributed by atoms with E-state index in [0.717, 1.165) is 25.3 Å². The van der Waals surface area contributed by atoms with Gasteiger partial charge in [0.2, 0.25) is 0 Å². The quantitative estimate of drug-likeness (QED) is 0.373. The Morgan fingerprint density at radius 3 is 2.68 bits per heavy atom. The van der Waals surface area contributed by atoms with Gasteiger partial charge in [-0.2, -0.15) is 0 Å². The number of guanidine groups is 1. The smallest absolute Gasteiger partial charge is 0.191 e. The van der Waals surface area contributed by atoms with E-state index in [1.807, 2.05) is 26.0 Å². The normalized spacial score (nSPS) is 14.2. The minimum Gasteiger partial charge on any atom is -0.463 e. The molecule has 0 fully saturated rings. The zero-order valence-corrected chi connectivity index (χ0v) is 17.1. The average Bonchev–Trinajstić information content (AvgIpc) is 3.23. The molecule has 0 bridgehead atoms. The molecule has 0 aliphatic carbocycles. The van der Waals surface area contributed by atoms with E-state index >= 15 is 0 Å². The summed E-state index contributed by atoms with van der Waals surface area (Å²) >= 11 is 0. The van der Waals surface area contributed by atoms with E-state index in [1.165, 1.54) is 22.2 Å². The van der Waals surface area contributed by atoms with Crippen molar-refractivity contribution in [3.63, 3.8) is 0 Å². The van der Waals surface area contributed by atoms with E-state index < -0.39 is 5.60 Å². The van der Waals surface area contributed by atoms with Crippen LogP contribution in [0.1, 0.15) is 36.6 Å². The molecule has 0 aliphatic rings. The number of fused-ring (bicyclic) bond motifs is 1. The van der Waals surface area contributed by atoms with Crippen molar-refractivity contribution in [1.29, 1.82) is 0 Å². The number of aryl methyl sites for hydroxylation is 2. The summed E-state index contributed by atoms with van der Waals surface area (Å²) in [5.74, 6) is 1.99. The molecule has 0 amide bonds. The summed E-state index contributed by atoms with van der Waals surface area (Å²) in [6, 6.07) is 12.0. The third kappa shape index (κ3) is 4.57. The van der Waals surface area contributed by atoms with Crippen molar-refractivity contribution in [1.82, 2.24) is 15.6 Å². The molecular weight excluding hydrogens is 352 g/mol. The molecule has 1 aromatic carbocycles. The molecule has 3 rings (SSSR count). The first-order valence-electron chi connectivity index (χ1n) is 9.78. The van der Waals surface area contributed by atoms with Crippen LogP contribution in [0.2, 0.25) is 0 Å². The predicted molar refractivity (Wildman–Crippen MR) is 114 cm³/mol. The van der Waals surface area contributed by atoms with E-state index in [-0.39, 0.29) is 6.54 Å². The summed E-state index contributed by atoms with van der Waals surface area (Å²) < 4.78 is 5.56. The maximum atomic E-state index is 10.7. The third-order valence-corrected chi connectivity index (χ3v) is 4.85. The lowest BCUT2D eigenvalue weighted by Crippen LogP contribution is -2.39. The van der Waals surface area contributed by atoms with Crippen molar-refractivity contribution in [3.8, 4) is 0 Å². The Bertz CT molecular complexity index is 953. The highest BCUT2D eigenvalue weighted by Gasteiger charge is 2.26. The number of hydrogen-bond acceptors (Lipinski definition) is 3. The van der Waals surface area contributed by atoms with Crippen LogP contribution < -0.4 is 10.6 Å². The number of aromatic amines is 1. The molecule has 2 heterocycles. The van der Waals surface area contributed by atoms with Gasteiger partial charge in [-0.1, -0.05) is 18.2 Å². The standard InChI is InChI=1S/C22H30N4O2/c1-5-23-21(25-14-22(4,27)20-11-10-15(2)28-20)24-13-12-17-16(3)26-19-9-7-6-8-18(17)19/h6-11,26-27H,5,12-14H2,1-4H3,(H2,23,24,25). The van der Waals surface area contributed by atoms with E-state index in [9.17, 15) is 5.11 Å². The van der Waals surface area contributed by atoms with Crippen LogP contribution in [0.4, 0.5) is 0 Å². The zero-order valence-electron chi connectivity index (χ0n) is 17.1. The molecule has 1 atom stereocenters. The number of aromatic nitrogens is 1. The SMILES string of the molecule is CCNC(=NCC(C)(O)c1ccc(C)o1)NCCc1c(C)[nH]c2ccccc12. The van der Waals surface area contributed by atoms with Crippen molar-refractivity contribution in [2.45, 2.75) is 39.7 Å². The first-order valence-corrected chi connectivity index (χ1v) is 9.78. The number of rotatable bonds is 7. The largest absolute Gasteiger partial charge is 0.463 e. The molecule has 6 nitrogen and oxygen atoms in total. The van der Waals surface area contributed by atoms with Gasteiger partial charge in [0.05, 0.1) is 6.54 Å². The van der Waals surface area contributed by atoms with Crippen LogP contribution >= 0.6 is 0 Å². The fourth-order valence-electron chi connectivity index (χ4n) is 3.34. The summed E-state index contributed by atoms with van der Waals surface area (Å²) in [5, 5.41) is 18.5. The number of aliphatic hydroxyl groups is 1. The molecule has 0 spiro atoms. The number of aliphatic imine (C=N–C) groups is 1. The molecule has 150 valence electrons. The van der Waals surface area contributed by atoms with Gasteiger partial charge in [-0.25, -0.2) is 4.99 Å². The second-order valence-corrected chi connectivity index (χ2v) is 7.33. The number of H-pyrrole nitrogens is 1. The molecule has 0 saturated carbocycles. The molecule has 0 radical (unpaired) electrons. The molecule has 4 N–H and O–H groups in total. The summed E-state index contributed by atoms with van der Waals surface area (Å²) in [7, 11) is 0. The van der Waals surface area contributed by atoms with Gasteiger partial charge in [0, 0.05) is 29.7 Å². The average molecular weight is 383 g/mol. The number of furan rings is 1. The van der Waals surface area contributed by atoms with E-state index in [2.05, 4.69) is 45.7 Å². The van der Waals surface area contributed by atoms with Crippen molar-refractivity contribution >= 4 is 16.9 Å². The summed E-state index contributed by atoms with van der Waals surface area (Å²) in [5.41, 5.74) is 2.53. The van der Waals surface area contributed by atoms with Gasteiger partial charge < -0.3 is 25.1 Å². The Kier molecular flexibility index (Phi) is 6.09.